The van der Waals surface area contributed by atoms with Crippen LogP contribution in [0.15, 0.2) is 0 Å². The summed E-state index contributed by atoms with van der Waals surface area (Å²) in [5.74, 6) is 2.50. The molecule has 2 fully saturated rings. The summed E-state index contributed by atoms with van der Waals surface area (Å²) in [5.41, 5.74) is -0.769. The number of carbonyl (C=O) groups is 2. The molecule has 0 aromatic heterocycles. The monoisotopic (exact) mass is 298 g/mol. The van der Waals surface area contributed by atoms with E-state index in [1.165, 1.54) is 0 Å². The number of amides is 2. The lowest BCUT2D eigenvalue weighted by atomic mass is 9.78. The van der Waals surface area contributed by atoms with Gasteiger partial charge in [0.2, 0.25) is 11.8 Å². The summed E-state index contributed by atoms with van der Waals surface area (Å²) in [4.78, 5) is 29.1. The molecule has 1 atom stereocenters. The smallest absolute Gasteiger partial charge is 0.230 e. The lowest BCUT2D eigenvalue weighted by Crippen LogP contribution is -2.47. The van der Waals surface area contributed by atoms with Crippen molar-refractivity contribution in [2.45, 2.75) is 34.6 Å². The molecule has 0 aromatic rings. The molecule has 0 saturated carbocycles. The molecule has 114 valence electrons. The van der Waals surface area contributed by atoms with Crippen molar-refractivity contribution in [3.05, 3.63) is 0 Å². The van der Waals surface area contributed by atoms with Gasteiger partial charge in [-0.15, -0.1) is 0 Å². The molecule has 2 aliphatic heterocycles. The third-order valence-electron chi connectivity index (χ3n) is 4.39. The van der Waals surface area contributed by atoms with Crippen molar-refractivity contribution in [1.82, 2.24) is 9.80 Å². The van der Waals surface area contributed by atoms with Crippen LogP contribution in [0.25, 0.3) is 0 Å². The van der Waals surface area contributed by atoms with E-state index < -0.39 is 5.41 Å². The zero-order valence-corrected chi connectivity index (χ0v) is 14.0. The second-order valence-corrected chi connectivity index (χ2v) is 8.63. The van der Waals surface area contributed by atoms with Gasteiger partial charge in [0.1, 0.15) is 0 Å². The summed E-state index contributed by atoms with van der Waals surface area (Å²) in [6, 6.07) is 0. The van der Waals surface area contributed by atoms with Gasteiger partial charge in [0.15, 0.2) is 0 Å². The number of carbonyl (C=O) groups excluding carboxylic acids is 2. The molecule has 2 bridgehead atoms. The van der Waals surface area contributed by atoms with E-state index >= 15 is 0 Å². The van der Waals surface area contributed by atoms with Gasteiger partial charge in [0, 0.05) is 29.7 Å². The standard InChI is InChI=1S/C15H26N2O2S/c1-14(2,3)12(18)17-8-11-9-20-7-6-16(10-17)13(19)15(11,4)5/h11H,6-10H2,1-5H3. The molecule has 2 saturated heterocycles. The molecule has 2 amide bonds. The number of fused-ring (bicyclic) bond motifs is 3. The third kappa shape index (κ3) is 2.83. The van der Waals surface area contributed by atoms with Gasteiger partial charge in [-0.2, -0.15) is 11.8 Å². The molecule has 2 rings (SSSR count). The summed E-state index contributed by atoms with van der Waals surface area (Å²) in [5, 5.41) is 0. The Bertz CT molecular complexity index is 415. The Morgan fingerprint density at radius 3 is 2.60 bits per heavy atom. The SMILES string of the molecule is CC(C)(C)C(=O)N1CC2CSCCN(C1)C(=O)C2(C)C. The van der Waals surface area contributed by atoms with E-state index in [0.29, 0.717) is 13.2 Å². The fraction of sp³-hybridized carbons (Fsp3) is 0.867. The van der Waals surface area contributed by atoms with Crippen LogP contribution in [0.2, 0.25) is 0 Å². The predicted octanol–water partition coefficient (Wildman–Crippen LogP) is 2.05. The molecule has 0 radical (unpaired) electrons. The maximum Gasteiger partial charge on any atom is 0.230 e. The Morgan fingerprint density at radius 2 is 2.00 bits per heavy atom. The summed E-state index contributed by atoms with van der Waals surface area (Å²) >= 11 is 1.90. The topological polar surface area (TPSA) is 40.6 Å². The quantitative estimate of drug-likeness (QED) is 0.687. The highest BCUT2D eigenvalue weighted by Gasteiger charge is 2.46. The second-order valence-electron chi connectivity index (χ2n) is 7.48. The van der Waals surface area contributed by atoms with E-state index in [4.69, 9.17) is 0 Å². The minimum atomic E-state index is -0.394. The van der Waals surface area contributed by atoms with E-state index in [9.17, 15) is 9.59 Å². The average Bonchev–Trinajstić information content (AvgIpc) is 2.44. The number of hydrogen-bond donors (Lipinski definition) is 0. The molecular weight excluding hydrogens is 272 g/mol. The summed E-state index contributed by atoms with van der Waals surface area (Å²) in [7, 11) is 0. The minimum absolute atomic E-state index is 0.143. The Balaban J connectivity index is 2.33. The van der Waals surface area contributed by atoms with E-state index in [0.717, 1.165) is 18.1 Å². The van der Waals surface area contributed by atoms with Crippen LogP contribution in [-0.4, -0.2) is 52.9 Å². The highest BCUT2D eigenvalue weighted by Crippen LogP contribution is 2.37. The van der Waals surface area contributed by atoms with Crippen LogP contribution in [0.4, 0.5) is 0 Å². The minimum Gasteiger partial charge on any atom is -0.324 e. The predicted molar refractivity (Wildman–Crippen MR) is 82.3 cm³/mol. The summed E-state index contributed by atoms with van der Waals surface area (Å²) < 4.78 is 0. The number of thioether (sulfide) groups is 1. The van der Waals surface area contributed by atoms with Crippen LogP contribution in [0.5, 0.6) is 0 Å². The molecule has 0 N–H and O–H groups in total. The van der Waals surface area contributed by atoms with Crippen LogP contribution in [0.1, 0.15) is 34.6 Å². The Kier molecular flexibility index (Phi) is 4.11. The largest absolute Gasteiger partial charge is 0.324 e. The molecule has 5 heteroatoms. The molecule has 2 aliphatic rings. The van der Waals surface area contributed by atoms with Crippen LogP contribution in [-0.2, 0) is 9.59 Å². The van der Waals surface area contributed by atoms with E-state index in [2.05, 4.69) is 0 Å². The normalized spacial score (nSPS) is 27.1. The third-order valence-corrected chi connectivity index (χ3v) is 5.50. The first kappa shape index (κ1) is 15.7. The van der Waals surface area contributed by atoms with Gasteiger partial charge < -0.3 is 9.80 Å². The van der Waals surface area contributed by atoms with Crippen molar-refractivity contribution in [3.63, 3.8) is 0 Å². The van der Waals surface area contributed by atoms with Gasteiger partial charge in [-0.3, -0.25) is 9.59 Å². The maximum atomic E-state index is 12.7. The maximum absolute atomic E-state index is 12.7. The molecule has 2 heterocycles. The zero-order chi connectivity index (χ0) is 15.1. The molecule has 20 heavy (non-hydrogen) atoms. The van der Waals surface area contributed by atoms with E-state index in [-0.39, 0.29) is 23.1 Å². The number of nitrogens with zero attached hydrogens (tertiary/aromatic N) is 2. The van der Waals surface area contributed by atoms with Gasteiger partial charge in [-0.05, 0) is 11.7 Å². The lowest BCUT2D eigenvalue weighted by Gasteiger charge is -2.35. The van der Waals surface area contributed by atoms with Crippen molar-refractivity contribution in [3.8, 4) is 0 Å². The van der Waals surface area contributed by atoms with E-state index in [1.54, 1.807) is 0 Å². The highest BCUT2D eigenvalue weighted by atomic mass is 32.2. The van der Waals surface area contributed by atoms with Crippen molar-refractivity contribution in [2.75, 3.05) is 31.3 Å². The van der Waals surface area contributed by atoms with Crippen LogP contribution >= 0.6 is 11.8 Å². The Morgan fingerprint density at radius 1 is 1.35 bits per heavy atom. The molecule has 0 aromatic carbocycles. The summed E-state index contributed by atoms with van der Waals surface area (Å²) in [6.45, 7) is 11.8. The first-order valence-electron chi connectivity index (χ1n) is 7.30. The van der Waals surface area contributed by atoms with Crippen molar-refractivity contribution < 1.29 is 9.59 Å². The molecule has 4 nitrogen and oxygen atoms in total. The fourth-order valence-electron chi connectivity index (χ4n) is 2.86. The lowest BCUT2D eigenvalue weighted by molar-refractivity contribution is -0.145. The van der Waals surface area contributed by atoms with Gasteiger partial charge in [0.25, 0.3) is 0 Å². The van der Waals surface area contributed by atoms with E-state index in [1.807, 2.05) is 56.2 Å². The number of rotatable bonds is 0. The molecular formula is C15H26N2O2S. The van der Waals surface area contributed by atoms with Gasteiger partial charge in [0.05, 0.1) is 6.67 Å². The Labute approximate surface area is 126 Å². The highest BCUT2D eigenvalue weighted by molar-refractivity contribution is 7.99. The first-order chi connectivity index (χ1) is 9.14. The average molecular weight is 298 g/mol. The van der Waals surface area contributed by atoms with Crippen LogP contribution in [0, 0.1) is 16.7 Å². The van der Waals surface area contributed by atoms with Crippen LogP contribution in [0.3, 0.4) is 0 Å². The second kappa shape index (κ2) is 5.24. The van der Waals surface area contributed by atoms with Gasteiger partial charge in [-0.1, -0.05) is 34.6 Å². The van der Waals surface area contributed by atoms with Gasteiger partial charge in [-0.25, -0.2) is 0 Å². The van der Waals surface area contributed by atoms with Crippen molar-refractivity contribution in [2.24, 2.45) is 16.7 Å². The first-order valence-corrected chi connectivity index (χ1v) is 8.46. The van der Waals surface area contributed by atoms with Crippen molar-refractivity contribution >= 4 is 23.6 Å². The number of hydrogen-bond acceptors (Lipinski definition) is 3. The summed E-state index contributed by atoms with van der Waals surface area (Å²) in [6.07, 6.45) is 0. The molecule has 1 unspecified atom stereocenters. The molecule has 0 spiro atoms. The zero-order valence-electron chi connectivity index (χ0n) is 13.2. The van der Waals surface area contributed by atoms with Crippen LogP contribution < -0.4 is 0 Å². The Hall–Kier alpha value is -0.710. The van der Waals surface area contributed by atoms with Crippen molar-refractivity contribution in [1.29, 1.82) is 0 Å². The fourth-order valence-corrected chi connectivity index (χ4v) is 4.18. The van der Waals surface area contributed by atoms with Gasteiger partial charge >= 0.3 is 0 Å². The molecule has 0 aliphatic carbocycles.